The number of carbonyl (C=O) groups excluding carboxylic acids is 3. The molecule has 0 saturated carbocycles. The van der Waals surface area contributed by atoms with Crippen LogP contribution in [0.25, 0.3) is 0 Å². The van der Waals surface area contributed by atoms with E-state index in [1.165, 1.54) is 12.0 Å². The molecule has 4 saturated heterocycles. The van der Waals surface area contributed by atoms with Crippen molar-refractivity contribution in [3.63, 3.8) is 0 Å². The normalized spacial score (nSPS) is 30.3. The summed E-state index contributed by atoms with van der Waals surface area (Å²) in [6.07, 6.45) is -3.92. The number of hydrogen-bond donors (Lipinski definition) is 3. The van der Waals surface area contributed by atoms with Gasteiger partial charge in [-0.1, -0.05) is 12.1 Å². The number of aliphatic hydroxyl groups is 2. The lowest BCUT2D eigenvalue weighted by Gasteiger charge is -2.38. The van der Waals surface area contributed by atoms with Crippen LogP contribution in [0.1, 0.15) is 28.8 Å². The molecule has 4 aliphatic rings. The van der Waals surface area contributed by atoms with E-state index in [9.17, 15) is 33.0 Å². The Bertz CT molecular complexity index is 1600. The Balaban J connectivity index is 1.27. The number of methoxy groups -OCH3 is 1. The summed E-state index contributed by atoms with van der Waals surface area (Å²) < 4.78 is 41.2. The molecule has 48 heavy (non-hydrogen) atoms. The number of likely N-dealkylation sites (tertiary alicyclic amines) is 1. The second-order valence-electron chi connectivity index (χ2n) is 13.0. The molecule has 2 aromatic rings. The predicted molar refractivity (Wildman–Crippen MR) is 171 cm³/mol. The fraction of sp³-hybridized carbons (Fsp3) is 0.545. The number of benzene rings is 2. The first-order chi connectivity index (χ1) is 22.9. The Morgan fingerprint density at radius 3 is 2.38 bits per heavy atom. The van der Waals surface area contributed by atoms with Gasteiger partial charge in [-0.3, -0.25) is 19.3 Å². The second-order valence-corrected chi connectivity index (χ2v) is 15.0. The van der Waals surface area contributed by atoms with E-state index < -0.39 is 52.3 Å². The summed E-state index contributed by atoms with van der Waals surface area (Å²) in [5, 5.41) is 24.8. The van der Waals surface area contributed by atoms with Crippen LogP contribution in [0.15, 0.2) is 53.4 Å². The minimum Gasteiger partial charge on any atom is -0.497 e. The van der Waals surface area contributed by atoms with E-state index in [-0.39, 0.29) is 55.4 Å². The lowest BCUT2D eigenvalue weighted by molar-refractivity contribution is -0.144. The van der Waals surface area contributed by atoms with E-state index in [1.54, 1.807) is 53.4 Å². The largest absolute Gasteiger partial charge is 0.497 e. The summed E-state index contributed by atoms with van der Waals surface area (Å²) in [4.78, 5) is 46.6. The Morgan fingerprint density at radius 2 is 1.69 bits per heavy atom. The molecule has 2 aromatic carbocycles. The fourth-order valence-corrected chi connectivity index (χ4v) is 7.62. The van der Waals surface area contributed by atoms with Gasteiger partial charge in [0, 0.05) is 57.1 Å². The van der Waals surface area contributed by atoms with E-state index in [2.05, 4.69) is 5.32 Å². The van der Waals surface area contributed by atoms with Crippen LogP contribution >= 0.6 is 0 Å². The molecule has 260 valence electrons. The maximum absolute atomic E-state index is 14.1. The van der Waals surface area contributed by atoms with Crippen LogP contribution in [-0.2, 0) is 35.4 Å². The molecule has 0 aromatic heterocycles. The first-order valence-electron chi connectivity index (χ1n) is 16.1. The first-order valence-corrected chi connectivity index (χ1v) is 18.0. The topological polar surface area (TPSA) is 175 Å². The summed E-state index contributed by atoms with van der Waals surface area (Å²) in [5.74, 6) is -0.296. The van der Waals surface area contributed by atoms with Crippen molar-refractivity contribution in [2.24, 2.45) is 0 Å². The highest BCUT2D eigenvalue weighted by Gasteiger charge is 2.46. The number of ether oxygens (including phenoxy) is 3. The van der Waals surface area contributed by atoms with Crippen molar-refractivity contribution in [3.8, 4) is 5.75 Å². The van der Waals surface area contributed by atoms with E-state index >= 15 is 0 Å². The van der Waals surface area contributed by atoms with Crippen molar-refractivity contribution in [3.05, 3.63) is 59.7 Å². The number of nitrogens with one attached hydrogen (secondary N) is 1. The molecule has 4 heterocycles. The van der Waals surface area contributed by atoms with Gasteiger partial charge in [0.15, 0.2) is 9.84 Å². The molecule has 0 unspecified atom stereocenters. The van der Waals surface area contributed by atoms with Gasteiger partial charge in [-0.05, 0) is 48.4 Å². The minimum absolute atomic E-state index is 0.0772. The van der Waals surface area contributed by atoms with E-state index in [0.29, 0.717) is 37.4 Å². The molecule has 3 amide bonds. The van der Waals surface area contributed by atoms with Crippen LogP contribution in [0.5, 0.6) is 5.75 Å². The van der Waals surface area contributed by atoms with Gasteiger partial charge in [0.25, 0.3) is 5.91 Å². The van der Waals surface area contributed by atoms with Crippen molar-refractivity contribution in [2.45, 2.75) is 66.9 Å². The number of aliphatic hydroxyl groups excluding tert-OH is 2. The van der Waals surface area contributed by atoms with E-state index in [4.69, 9.17) is 14.2 Å². The summed E-state index contributed by atoms with van der Waals surface area (Å²) in [7, 11) is -1.84. The Hall–Kier alpha value is -3.60. The molecule has 15 heteroatoms. The Kier molecular flexibility index (Phi) is 10.1. The standard InChI is InChI=1S/C33H42N4O10S/c1-45-23-7-5-21(6-8-23)32(41)37-18-24-17-35(11-12-46-24)33(42)26-13-22(34-29(38)14-27-30(39)31(40)28(19-37)47-27)16-36(26)15-20-3-9-25(10-4-20)48(2,43)44/h3-10,22,24,26-28,30-31,39-40H,11-19H2,1-2H3,(H,34,38)/t22-,24-,26-,27-,28+,30-,31+/m0/s1. The van der Waals surface area contributed by atoms with Gasteiger partial charge < -0.3 is 39.5 Å². The van der Waals surface area contributed by atoms with Crippen molar-refractivity contribution in [2.75, 3.05) is 52.7 Å². The quantitative estimate of drug-likeness (QED) is 0.367. The fourth-order valence-electron chi connectivity index (χ4n) is 6.99. The highest BCUT2D eigenvalue weighted by molar-refractivity contribution is 7.90. The highest BCUT2D eigenvalue weighted by atomic mass is 32.2. The molecule has 6 rings (SSSR count). The molecular formula is C33H42N4O10S. The number of carbonyl (C=O) groups is 3. The van der Waals surface area contributed by atoms with Crippen molar-refractivity contribution < 1.29 is 47.2 Å². The van der Waals surface area contributed by atoms with E-state index in [0.717, 1.165) is 11.8 Å². The van der Waals surface area contributed by atoms with Crippen molar-refractivity contribution >= 4 is 27.6 Å². The van der Waals surface area contributed by atoms with E-state index in [1.807, 2.05) is 4.90 Å². The van der Waals surface area contributed by atoms with Crippen LogP contribution in [-0.4, -0.2) is 146 Å². The second kappa shape index (κ2) is 14.1. The molecule has 0 aliphatic carbocycles. The van der Waals surface area contributed by atoms with Crippen LogP contribution < -0.4 is 10.1 Å². The molecule has 3 N–H and O–H groups in total. The van der Waals surface area contributed by atoms with Crippen LogP contribution in [0.2, 0.25) is 0 Å². The number of fused-ring (bicyclic) bond motifs is 6. The van der Waals surface area contributed by atoms with Gasteiger partial charge in [-0.15, -0.1) is 0 Å². The monoisotopic (exact) mass is 686 g/mol. The smallest absolute Gasteiger partial charge is 0.254 e. The van der Waals surface area contributed by atoms with Crippen molar-refractivity contribution in [1.82, 2.24) is 20.0 Å². The third kappa shape index (κ3) is 7.51. The maximum Gasteiger partial charge on any atom is 0.254 e. The SMILES string of the molecule is COc1ccc(C(=O)N2C[C@@H]3CN(CCO3)C(=O)[C@@H]3C[C@@H](CN3Cc3ccc(S(C)(=O)=O)cc3)NC(=O)C[C@@H]3O[C@H](C2)[C@@H](O)[C@H]3O)cc1. The molecule has 0 radical (unpaired) electrons. The van der Waals surface area contributed by atoms with Crippen molar-refractivity contribution in [1.29, 1.82) is 0 Å². The minimum atomic E-state index is -3.37. The maximum atomic E-state index is 14.1. The average Bonchev–Trinajstić information content (AvgIpc) is 3.58. The number of morpholine rings is 1. The van der Waals surface area contributed by atoms with Crippen LogP contribution in [0.4, 0.5) is 0 Å². The lowest BCUT2D eigenvalue weighted by atomic mass is 10.0. The summed E-state index contributed by atoms with van der Waals surface area (Å²) in [6, 6.07) is 12.2. The van der Waals surface area contributed by atoms with Gasteiger partial charge in [0.05, 0.1) is 43.3 Å². The predicted octanol–water partition coefficient (Wildman–Crippen LogP) is -0.579. The first kappa shape index (κ1) is 34.3. The highest BCUT2D eigenvalue weighted by Crippen LogP contribution is 2.28. The van der Waals surface area contributed by atoms with Gasteiger partial charge in [-0.2, -0.15) is 0 Å². The zero-order valence-corrected chi connectivity index (χ0v) is 27.8. The lowest BCUT2D eigenvalue weighted by Crippen LogP contribution is -2.55. The Labute approximate surface area is 279 Å². The molecule has 7 atom stereocenters. The number of nitrogens with zero attached hydrogens (tertiary/aromatic N) is 3. The average molecular weight is 687 g/mol. The summed E-state index contributed by atoms with van der Waals surface area (Å²) >= 11 is 0. The summed E-state index contributed by atoms with van der Waals surface area (Å²) in [6.45, 7) is 1.55. The van der Waals surface area contributed by atoms with Gasteiger partial charge in [0.1, 0.15) is 24.1 Å². The molecule has 4 fully saturated rings. The van der Waals surface area contributed by atoms with Gasteiger partial charge in [0.2, 0.25) is 11.8 Å². The molecule has 14 nitrogen and oxygen atoms in total. The zero-order chi connectivity index (χ0) is 34.2. The molecule has 4 aliphatic heterocycles. The van der Waals surface area contributed by atoms with Gasteiger partial charge >= 0.3 is 0 Å². The summed E-state index contributed by atoms with van der Waals surface area (Å²) in [5.41, 5.74) is 1.18. The number of hydrogen-bond acceptors (Lipinski definition) is 11. The third-order valence-corrected chi connectivity index (χ3v) is 10.7. The number of rotatable bonds is 5. The third-order valence-electron chi connectivity index (χ3n) is 9.54. The number of sulfone groups is 1. The molecular weight excluding hydrogens is 644 g/mol. The van der Waals surface area contributed by atoms with Crippen LogP contribution in [0, 0.1) is 0 Å². The number of amides is 3. The van der Waals surface area contributed by atoms with Crippen LogP contribution in [0.3, 0.4) is 0 Å². The molecule has 0 spiro atoms. The van der Waals surface area contributed by atoms with Gasteiger partial charge in [-0.25, -0.2) is 8.42 Å². The Morgan fingerprint density at radius 1 is 0.979 bits per heavy atom. The molecule has 6 bridgehead atoms. The zero-order valence-electron chi connectivity index (χ0n) is 26.9.